The van der Waals surface area contributed by atoms with Gasteiger partial charge in [0.15, 0.2) is 0 Å². The summed E-state index contributed by atoms with van der Waals surface area (Å²) in [6, 6.07) is 21.9. The second-order valence-corrected chi connectivity index (χ2v) is 13.2. The van der Waals surface area contributed by atoms with Crippen LogP contribution in [0.15, 0.2) is 72.8 Å². The summed E-state index contributed by atoms with van der Waals surface area (Å²) in [5.74, 6) is -0.744. The van der Waals surface area contributed by atoms with Crippen LogP contribution in [0, 0.1) is 20.8 Å². The maximum atomic E-state index is 14.4. The highest BCUT2D eigenvalue weighted by atomic mass is 32.2. The molecule has 0 bridgehead atoms. The third kappa shape index (κ3) is 8.42. The molecule has 0 aromatic heterocycles. The van der Waals surface area contributed by atoms with E-state index in [9.17, 15) is 18.0 Å². The molecule has 0 heterocycles. The SMILES string of the molecule is CC[C@H](C)NC(=O)[C@H](Cc1ccccc1)N(Cc1cccc(C)c1)C(=O)CN(c1cc(C)ccc1C)S(=O)(=O)N(C)C. The van der Waals surface area contributed by atoms with Gasteiger partial charge in [0.1, 0.15) is 12.6 Å². The van der Waals surface area contributed by atoms with E-state index >= 15 is 0 Å². The van der Waals surface area contributed by atoms with Gasteiger partial charge in [0.05, 0.1) is 5.69 Å². The lowest BCUT2D eigenvalue weighted by Crippen LogP contribution is -2.55. The number of hydrogen-bond donors (Lipinski definition) is 1. The van der Waals surface area contributed by atoms with Crippen molar-refractivity contribution in [3.63, 3.8) is 0 Å². The number of carbonyl (C=O) groups is 2. The largest absolute Gasteiger partial charge is 0.352 e. The molecule has 0 saturated carbocycles. The van der Waals surface area contributed by atoms with Crippen LogP contribution in [0.4, 0.5) is 5.69 Å². The molecule has 0 aliphatic rings. The third-order valence-corrected chi connectivity index (χ3v) is 9.17. The monoisotopic (exact) mass is 592 g/mol. The maximum absolute atomic E-state index is 14.4. The van der Waals surface area contributed by atoms with Gasteiger partial charge in [-0.3, -0.25) is 9.59 Å². The summed E-state index contributed by atoms with van der Waals surface area (Å²) in [6.07, 6.45) is 1.02. The molecule has 2 atom stereocenters. The number of nitrogens with zero attached hydrogens (tertiary/aromatic N) is 3. The van der Waals surface area contributed by atoms with Crippen LogP contribution in [0.3, 0.4) is 0 Å². The first-order valence-electron chi connectivity index (χ1n) is 14.3. The van der Waals surface area contributed by atoms with Crippen molar-refractivity contribution in [1.29, 1.82) is 0 Å². The van der Waals surface area contributed by atoms with E-state index in [0.717, 1.165) is 42.8 Å². The van der Waals surface area contributed by atoms with Crippen LogP contribution in [0.5, 0.6) is 0 Å². The lowest BCUT2D eigenvalue weighted by molar-refractivity contribution is -0.140. The summed E-state index contributed by atoms with van der Waals surface area (Å²) in [7, 11) is -1.16. The minimum atomic E-state index is -4.05. The molecule has 0 unspecified atom stereocenters. The Labute approximate surface area is 251 Å². The summed E-state index contributed by atoms with van der Waals surface area (Å²) in [4.78, 5) is 29.8. The van der Waals surface area contributed by atoms with Crippen molar-refractivity contribution in [2.45, 2.75) is 66.1 Å². The average Bonchev–Trinajstić information content (AvgIpc) is 2.95. The van der Waals surface area contributed by atoms with Crippen molar-refractivity contribution in [1.82, 2.24) is 14.5 Å². The molecule has 0 radical (unpaired) electrons. The number of carbonyl (C=O) groups excluding carboxylic acids is 2. The number of benzene rings is 3. The average molecular weight is 593 g/mol. The van der Waals surface area contributed by atoms with Gasteiger partial charge in [-0.15, -0.1) is 0 Å². The standard InChI is InChI=1S/C33H44N4O4S/c1-8-27(5)34-33(39)31(21-28-14-10-9-11-15-28)36(22-29-16-12-13-24(2)19-29)32(38)23-37(42(40,41)35(6)7)30-20-25(3)17-18-26(30)4/h9-20,27,31H,8,21-23H2,1-7H3,(H,34,39)/t27-,31-/m0/s1. The molecule has 2 amide bonds. The molecule has 3 aromatic rings. The molecule has 0 spiro atoms. The molecule has 0 aliphatic carbocycles. The van der Waals surface area contributed by atoms with Crippen molar-refractivity contribution < 1.29 is 18.0 Å². The first-order chi connectivity index (χ1) is 19.8. The van der Waals surface area contributed by atoms with Crippen molar-refractivity contribution in [2.24, 2.45) is 0 Å². The van der Waals surface area contributed by atoms with E-state index in [4.69, 9.17) is 0 Å². The Morgan fingerprint density at radius 3 is 2.12 bits per heavy atom. The van der Waals surface area contributed by atoms with Crippen LogP contribution in [-0.4, -0.2) is 62.2 Å². The number of hydrogen-bond acceptors (Lipinski definition) is 4. The molecule has 42 heavy (non-hydrogen) atoms. The van der Waals surface area contributed by atoms with Gasteiger partial charge in [0, 0.05) is 33.1 Å². The summed E-state index contributed by atoms with van der Waals surface area (Å²) in [5, 5.41) is 3.06. The summed E-state index contributed by atoms with van der Waals surface area (Å²) >= 11 is 0. The van der Waals surface area contributed by atoms with Crippen LogP contribution in [0.25, 0.3) is 0 Å². The Kier molecular flexibility index (Phi) is 11.3. The molecule has 3 aromatic carbocycles. The van der Waals surface area contributed by atoms with Crippen LogP contribution in [-0.2, 0) is 32.8 Å². The quantitative estimate of drug-likeness (QED) is 0.309. The predicted molar refractivity (Wildman–Crippen MR) is 169 cm³/mol. The topological polar surface area (TPSA) is 90.0 Å². The second-order valence-electron chi connectivity index (χ2n) is 11.1. The van der Waals surface area contributed by atoms with E-state index < -0.39 is 28.7 Å². The van der Waals surface area contributed by atoms with E-state index in [-0.39, 0.29) is 24.9 Å². The lowest BCUT2D eigenvalue weighted by atomic mass is 10.0. The summed E-state index contributed by atoms with van der Waals surface area (Å²) in [6.45, 7) is 9.27. The second kappa shape index (κ2) is 14.5. The lowest BCUT2D eigenvalue weighted by Gasteiger charge is -2.35. The molecule has 9 heteroatoms. The highest BCUT2D eigenvalue weighted by Crippen LogP contribution is 2.26. The van der Waals surface area contributed by atoms with Crippen LogP contribution < -0.4 is 9.62 Å². The van der Waals surface area contributed by atoms with Gasteiger partial charge in [-0.25, -0.2) is 4.31 Å². The Bertz CT molecular complexity index is 1470. The van der Waals surface area contributed by atoms with Gasteiger partial charge in [-0.2, -0.15) is 12.7 Å². The summed E-state index contributed by atoms with van der Waals surface area (Å²) < 4.78 is 29.5. The fourth-order valence-electron chi connectivity index (χ4n) is 4.69. The van der Waals surface area contributed by atoms with Gasteiger partial charge in [-0.1, -0.05) is 79.2 Å². The van der Waals surface area contributed by atoms with E-state index in [2.05, 4.69) is 5.32 Å². The molecule has 8 nitrogen and oxygen atoms in total. The number of anilines is 1. The highest BCUT2D eigenvalue weighted by Gasteiger charge is 2.35. The van der Waals surface area contributed by atoms with E-state index in [1.54, 1.807) is 6.07 Å². The highest BCUT2D eigenvalue weighted by molar-refractivity contribution is 7.90. The zero-order valence-corrected chi connectivity index (χ0v) is 26.6. The third-order valence-electron chi connectivity index (χ3n) is 7.36. The maximum Gasteiger partial charge on any atom is 0.304 e. The molecule has 226 valence electrons. The first-order valence-corrected chi connectivity index (χ1v) is 15.7. The van der Waals surface area contributed by atoms with Crippen molar-refractivity contribution in [3.05, 3.63) is 101 Å². The predicted octanol–water partition coefficient (Wildman–Crippen LogP) is 4.78. The molecule has 0 aliphatic heterocycles. The van der Waals surface area contributed by atoms with E-state index in [0.29, 0.717) is 5.69 Å². The Balaban J connectivity index is 2.13. The van der Waals surface area contributed by atoms with E-state index in [1.807, 2.05) is 101 Å². The number of aryl methyl sites for hydroxylation is 3. The van der Waals surface area contributed by atoms with E-state index in [1.165, 1.54) is 19.0 Å². The molecule has 1 N–H and O–H groups in total. The first kappa shape index (κ1) is 32.8. The van der Waals surface area contributed by atoms with Crippen molar-refractivity contribution in [2.75, 3.05) is 24.9 Å². The number of nitrogens with one attached hydrogen (secondary N) is 1. The molecule has 0 fully saturated rings. The van der Waals surface area contributed by atoms with Crippen LogP contribution in [0.2, 0.25) is 0 Å². The van der Waals surface area contributed by atoms with Crippen molar-refractivity contribution >= 4 is 27.7 Å². The molecule has 3 rings (SSSR count). The van der Waals surface area contributed by atoms with Gasteiger partial charge in [0.25, 0.3) is 0 Å². The van der Waals surface area contributed by atoms with Crippen LogP contribution >= 0.6 is 0 Å². The molecule has 0 saturated heterocycles. The fraction of sp³-hybridized carbons (Fsp3) is 0.394. The van der Waals surface area contributed by atoms with Crippen LogP contribution in [0.1, 0.15) is 48.1 Å². The molecular formula is C33H44N4O4S. The number of rotatable bonds is 13. The molecular weight excluding hydrogens is 548 g/mol. The van der Waals surface area contributed by atoms with Crippen molar-refractivity contribution in [3.8, 4) is 0 Å². The smallest absolute Gasteiger partial charge is 0.304 e. The zero-order chi connectivity index (χ0) is 31.0. The van der Waals surface area contributed by atoms with Gasteiger partial charge >= 0.3 is 10.2 Å². The van der Waals surface area contributed by atoms with Gasteiger partial charge in [0.2, 0.25) is 11.8 Å². The Hall–Kier alpha value is -3.69. The summed E-state index contributed by atoms with van der Waals surface area (Å²) in [5.41, 5.74) is 4.79. The number of amides is 2. The Morgan fingerprint density at radius 1 is 0.857 bits per heavy atom. The zero-order valence-electron chi connectivity index (χ0n) is 25.8. The van der Waals surface area contributed by atoms with Gasteiger partial charge < -0.3 is 10.2 Å². The normalized spacial score (nSPS) is 13.0. The minimum Gasteiger partial charge on any atom is -0.352 e. The fourth-order valence-corrected chi connectivity index (χ4v) is 5.81. The minimum absolute atomic E-state index is 0.0905. The Morgan fingerprint density at radius 2 is 1.50 bits per heavy atom. The van der Waals surface area contributed by atoms with Gasteiger partial charge in [-0.05, 0) is 62.4 Å².